The van der Waals surface area contributed by atoms with E-state index in [1.165, 1.54) is 28.5 Å². The Bertz CT molecular complexity index is 1340. The van der Waals surface area contributed by atoms with E-state index < -0.39 is 5.91 Å². The molecule has 3 aromatic rings. The minimum absolute atomic E-state index is 0.0147. The number of anilines is 1. The molecular formula is C30H36N4O3S. The van der Waals surface area contributed by atoms with Crippen molar-refractivity contribution in [3.63, 3.8) is 0 Å². The molecule has 0 aliphatic rings. The monoisotopic (exact) mass is 532 g/mol. The molecule has 0 fully saturated rings. The van der Waals surface area contributed by atoms with E-state index in [4.69, 9.17) is 9.47 Å². The van der Waals surface area contributed by atoms with E-state index in [0.717, 1.165) is 17.0 Å². The molecule has 0 atom stereocenters. The van der Waals surface area contributed by atoms with Gasteiger partial charge in [-0.05, 0) is 57.7 Å². The van der Waals surface area contributed by atoms with Crippen LogP contribution in [0.4, 0.5) is 5.13 Å². The lowest BCUT2D eigenvalue weighted by atomic mass is 9.79. The van der Waals surface area contributed by atoms with Gasteiger partial charge < -0.3 is 9.47 Å². The standard InChI is InChI=1S/C30H36N4O3S/c1-9-26-33-34-28(38-26)32-27(35)21(17-31)12-19-10-11-24(25(15-19)36-8)37-18-20-13-22(29(2,3)4)16-23(14-20)30(5,6)7/h10-16H,9,18H2,1-8H3,(H,32,34,35)/b21-12-. The van der Waals surface area contributed by atoms with E-state index in [0.29, 0.717) is 28.8 Å². The lowest BCUT2D eigenvalue weighted by Gasteiger charge is -2.26. The molecule has 0 aliphatic carbocycles. The van der Waals surface area contributed by atoms with Gasteiger partial charge in [-0.25, -0.2) is 0 Å². The number of carbonyl (C=O) groups excluding carboxylic acids is 1. The number of methoxy groups -OCH3 is 1. The van der Waals surface area contributed by atoms with E-state index in [1.807, 2.05) is 13.0 Å². The second-order valence-electron chi connectivity index (χ2n) is 11.1. The maximum absolute atomic E-state index is 12.6. The number of ether oxygens (including phenoxy) is 2. The summed E-state index contributed by atoms with van der Waals surface area (Å²) in [5, 5.41) is 21.3. The highest BCUT2D eigenvalue weighted by Crippen LogP contribution is 2.33. The zero-order chi connectivity index (χ0) is 28.1. The Balaban J connectivity index is 1.81. The highest BCUT2D eigenvalue weighted by Gasteiger charge is 2.21. The van der Waals surface area contributed by atoms with Crippen LogP contribution in [0.25, 0.3) is 6.08 Å². The summed E-state index contributed by atoms with van der Waals surface area (Å²) >= 11 is 1.28. The number of carbonyl (C=O) groups is 1. The summed E-state index contributed by atoms with van der Waals surface area (Å²) in [6, 6.07) is 13.9. The molecule has 0 saturated carbocycles. The molecule has 0 spiro atoms. The predicted molar refractivity (Wildman–Crippen MR) is 153 cm³/mol. The predicted octanol–water partition coefficient (Wildman–Crippen LogP) is 6.83. The van der Waals surface area contributed by atoms with Crippen molar-refractivity contribution in [3.8, 4) is 17.6 Å². The third kappa shape index (κ3) is 7.42. The summed E-state index contributed by atoms with van der Waals surface area (Å²) in [4.78, 5) is 12.6. The molecule has 1 heterocycles. The largest absolute Gasteiger partial charge is 0.493 e. The molecule has 0 unspecified atom stereocenters. The fourth-order valence-electron chi connectivity index (χ4n) is 3.62. The molecule has 0 radical (unpaired) electrons. The van der Waals surface area contributed by atoms with Gasteiger partial charge in [-0.15, -0.1) is 10.2 Å². The van der Waals surface area contributed by atoms with E-state index >= 15 is 0 Å². The summed E-state index contributed by atoms with van der Waals surface area (Å²) in [7, 11) is 1.56. The number of nitrogens with zero attached hydrogens (tertiary/aromatic N) is 3. The first kappa shape index (κ1) is 28.9. The molecule has 200 valence electrons. The zero-order valence-corrected chi connectivity index (χ0v) is 24.2. The quantitative estimate of drug-likeness (QED) is 0.252. The number of hydrogen-bond acceptors (Lipinski definition) is 7. The van der Waals surface area contributed by atoms with Gasteiger partial charge in [-0.1, -0.05) is 84.1 Å². The van der Waals surface area contributed by atoms with Gasteiger partial charge in [-0.3, -0.25) is 10.1 Å². The van der Waals surface area contributed by atoms with Crippen LogP contribution in [0, 0.1) is 11.3 Å². The Hall–Kier alpha value is -3.70. The van der Waals surface area contributed by atoms with E-state index in [2.05, 4.69) is 75.3 Å². The molecule has 1 amide bonds. The van der Waals surface area contributed by atoms with Crippen molar-refractivity contribution in [1.82, 2.24) is 10.2 Å². The Labute approximate surface area is 229 Å². The van der Waals surface area contributed by atoms with E-state index in [-0.39, 0.29) is 16.4 Å². The maximum atomic E-state index is 12.6. The summed E-state index contributed by atoms with van der Waals surface area (Å²) in [6.07, 6.45) is 2.23. The normalized spacial score (nSPS) is 12.1. The van der Waals surface area contributed by atoms with Gasteiger partial charge in [-0.2, -0.15) is 5.26 Å². The molecule has 0 saturated heterocycles. The lowest BCUT2D eigenvalue weighted by Crippen LogP contribution is -2.17. The molecule has 7 nitrogen and oxygen atoms in total. The van der Waals surface area contributed by atoms with Crippen LogP contribution in [-0.2, 0) is 28.7 Å². The Kier molecular flexibility index (Phi) is 8.95. The molecular weight excluding hydrogens is 496 g/mol. The second-order valence-corrected chi connectivity index (χ2v) is 12.2. The Morgan fingerprint density at radius 3 is 2.21 bits per heavy atom. The van der Waals surface area contributed by atoms with Crippen molar-refractivity contribution >= 4 is 28.5 Å². The van der Waals surface area contributed by atoms with Crippen LogP contribution in [0.1, 0.15) is 75.7 Å². The molecule has 8 heteroatoms. The third-order valence-electron chi connectivity index (χ3n) is 5.97. The summed E-state index contributed by atoms with van der Waals surface area (Å²) in [5.74, 6) is 0.544. The Morgan fingerprint density at radius 2 is 1.68 bits per heavy atom. The molecule has 3 rings (SSSR count). The number of nitrogens with one attached hydrogen (secondary N) is 1. The van der Waals surface area contributed by atoms with Crippen LogP contribution in [0.2, 0.25) is 0 Å². The van der Waals surface area contributed by atoms with Gasteiger partial charge in [0, 0.05) is 0 Å². The van der Waals surface area contributed by atoms with E-state index in [1.54, 1.807) is 25.3 Å². The van der Waals surface area contributed by atoms with E-state index in [9.17, 15) is 10.1 Å². The molecule has 1 aromatic heterocycles. The topological polar surface area (TPSA) is 97.1 Å². The number of rotatable bonds is 8. The van der Waals surface area contributed by atoms with Gasteiger partial charge in [0.25, 0.3) is 5.91 Å². The average Bonchev–Trinajstić information content (AvgIpc) is 3.32. The average molecular weight is 533 g/mol. The zero-order valence-electron chi connectivity index (χ0n) is 23.4. The minimum Gasteiger partial charge on any atom is -0.493 e. The van der Waals surface area contributed by atoms with Crippen molar-refractivity contribution in [2.24, 2.45) is 0 Å². The van der Waals surface area contributed by atoms with Gasteiger partial charge in [0.15, 0.2) is 11.5 Å². The third-order valence-corrected chi connectivity index (χ3v) is 6.96. The highest BCUT2D eigenvalue weighted by molar-refractivity contribution is 7.15. The summed E-state index contributed by atoms with van der Waals surface area (Å²) in [6.45, 7) is 15.6. The highest BCUT2D eigenvalue weighted by atomic mass is 32.1. The fourth-order valence-corrected chi connectivity index (χ4v) is 4.30. The van der Waals surface area contributed by atoms with Crippen molar-refractivity contribution in [2.45, 2.75) is 72.3 Å². The van der Waals surface area contributed by atoms with Crippen molar-refractivity contribution in [1.29, 1.82) is 5.26 Å². The van der Waals surface area contributed by atoms with Gasteiger partial charge in [0.1, 0.15) is 23.3 Å². The number of aromatic nitrogens is 2. The first-order valence-corrected chi connectivity index (χ1v) is 13.4. The minimum atomic E-state index is -0.543. The SMILES string of the molecule is CCc1nnc(NC(=O)/C(C#N)=C\c2ccc(OCc3cc(C(C)(C)C)cc(C(C)(C)C)c3)c(OC)c2)s1. The Morgan fingerprint density at radius 1 is 1.03 bits per heavy atom. The summed E-state index contributed by atoms with van der Waals surface area (Å²) < 4.78 is 11.7. The van der Waals surface area contributed by atoms with Crippen LogP contribution >= 0.6 is 11.3 Å². The van der Waals surface area contributed by atoms with Crippen LogP contribution < -0.4 is 14.8 Å². The smallest absolute Gasteiger partial charge is 0.268 e. The van der Waals surface area contributed by atoms with Crippen molar-refractivity contribution < 1.29 is 14.3 Å². The maximum Gasteiger partial charge on any atom is 0.268 e. The van der Waals surface area contributed by atoms with Crippen LogP contribution in [0.15, 0.2) is 42.0 Å². The first-order valence-electron chi connectivity index (χ1n) is 12.6. The number of hydrogen-bond donors (Lipinski definition) is 1. The van der Waals surface area contributed by atoms with Crippen LogP contribution in [0.5, 0.6) is 11.5 Å². The van der Waals surface area contributed by atoms with Gasteiger partial charge in [0.2, 0.25) is 5.13 Å². The summed E-state index contributed by atoms with van der Waals surface area (Å²) in [5.41, 5.74) is 4.22. The molecule has 38 heavy (non-hydrogen) atoms. The van der Waals surface area contributed by atoms with Crippen molar-refractivity contribution in [3.05, 3.63) is 69.2 Å². The molecule has 0 bridgehead atoms. The fraction of sp³-hybridized carbons (Fsp3) is 0.400. The van der Waals surface area contributed by atoms with Crippen LogP contribution in [-0.4, -0.2) is 23.2 Å². The van der Waals surface area contributed by atoms with Gasteiger partial charge >= 0.3 is 0 Å². The number of amides is 1. The first-order chi connectivity index (χ1) is 17.8. The molecule has 2 aromatic carbocycles. The number of aryl methyl sites for hydroxylation is 1. The van der Waals surface area contributed by atoms with Gasteiger partial charge in [0.05, 0.1) is 7.11 Å². The lowest BCUT2D eigenvalue weighted by molar-refractivity contribution is -0.112. The number of nitriles is 1. The number of benzene rings is 2. The van der Waals surface area contributed by atoms with Crippen molar-refractivity contribution in [2.75, 3.05) is 12.4 Å². The van der Waals surface area contributed by atoms with Crippen LogP contribution in [0.3, 0.4) is 0 Å². The second kappa shape index (κ2) is 11.8. The molecule has 1 N–H and O–H groups in total. The molecule has 0 aliphatic heterocycles.